The van der Waals surface area contributed by atoms with Crippen LogP contribution < -0.4 is 24.3 Å². The molecule has 2 heterocycles. The van der Waals surface area contributed by atoms with Crippen molar-refractivity contribution in [3.63, 3.8) is 0 Å². The first-order chi connectivity index (χ1) is 16.4. The van der Waals surface area contributed by atoms with Crippen molar-refractivity contribution in [3.8, 4) is 23.0 Å². The van der Waals surface area contributed by atoms with Crippen molar-refractivity contribution in [3.05, 3.63) is 52.4 Å². The number of carbonyl (C=O) groups excluding carboxylic acids is 3. The van der Waals surface area contributed by atoms with E-state index in [2.05, 4.69) is 10.1 Å². The van der Waals surface area contributed by atoms with Crippen LogP contribution in [-0.2, 0) is 4.79 Å². The molecule has 2 aliphatic heterocycles. The Kier molecular flexibility index (Phi) is 6.87. The zero-order valence-electron chi connectivity index (χ0n) is 17.7. The smallest absolute Gasteiger partial charge is 0.387 e. The minimum atomic E-state index is -3.01. The Balaban J connectivity index is 1.37. The van der Waals surface area contributed by atoms with Gasteiger partial charge in [-0.2, -0.15) is 8.78 Å². The van der Waals surface area contributed by atoms with Crippen LogP contribution in [0, 0.1) is 0 Å². The summed E-state index contributed by atoms with van der Waals surface area (Å²) < 4.78 is 44.8. The molecule has 0 atom stereocenters. The highest BCUT2D eigenvalue weighted by atomic mass is 32.2. The predicted octanol–water partition coefficient (Wildman–Crippen LogP) is 3.49. The summed E-state index contributed by atoms with van der Waals surface area (Å²) in [7, 11) is 1.29. The minimum absolute atomic E-state index is 0.0250. The number of ether oxygens (including phenoxy) is 4. The second kappa shape index (κ2) is 10.00. The molecule has 0 aromatic heterocycles. The highest BCUT2D eigenvalue weighted by Gasteiger charge is 2.34. The van der Waals surface area contributed by atoms with Crippen LogP contribution in [0.3, 0.4) is 0 Å². The fourth-order valence-corrected chi connectivity index (χ4v) is 4.10. The van der Waals surface area contributed by atoms with E-state index < -0.39 is 17.8 Å². The number of hydrogen-bond acceptors (Lipinski definition) is 8. The first kappa shape index (κ1) is 23.4. The predicted molar refractivity (Wildman–Crippen MR) is 117 cm³/mol. The summed E-state index contributed by atoms with van der Waals surface area (Å²) in [6.45, 7) is -2.90. The third kappa shape index (κ3) is 5.06. The molecular formula is C22H18F2N2O7S. The van der Waals surface area contributed by atoms with Gasteiger partial charge in [-0.05, 0) is 53.7 Å². The van der Waals surface area contributed by atoms with Gasteiger partial charge in [-0.25, -0.2) is 0 Å². The van der Waals surface area contributed by atoms with Crippen LogP contribution in [0.1, 0.15) is 15.9 Å². The Morgan fingerprint density at radius 1 is 1.18 bits per heavy atom. The average molecular weight is 492 g/mol. The van der Waals surface area contributed by atoms with Gasteiger partial charge >= 0.3 is 6.61 Å². The van der Waals surface area contributed by atoms with E-state index >= 15 is 0 Å². The maximum absolute atomic E-state index is 12.7. The van der Waals surface area contributed by atoms with Crippen molar-refractivity contribution in [2.24, 2.45) is 0 Å². The number of imide groups is 1. The molecule has 0 saturated carbocycles. The normalized spacial score (nSPS) is 15.9. The molecule has 0 unspecified atom stereocenters. The summed E-state index contributed by atoms with van der Waals surface area (Å²) in [6, 6.07) is 8.91. The number of hydrogen-bond donors (Lipinski definition) is 1. The lowest BCUT2D eigenvalue weighted by molar-refractivity contribution is -0.122. The largest absolute Gasteiger partial charge is 0.493 e. The molecule has 0 aliphatic carbocycles. The van der Waals surface area contributed by atoms with E-state index in [9.17, 15) is 23.2 Å². The van der Waals surface area contributed by atoms with E-state index in [4.69, 9.17) is 14.2 Å². The summed E-state index contributed by atoms with van der Waals surface area (Å²) in [6.07, 6.45) is 1.45. The Morgan fingerprint density at radius 2 is 1.97 bits per heavy atom. The van der Waals surface area contributed by atoms with E-state index in [1.807, 2.05) is 0 Å². The zero-order valence-corrected chi connectivity index (χ0v) is 18.5. The van der Waals surface area contributed by atoms with Crippen LogP contribution in [0.15, 0.2) is 41.3 Å². The van der Waals surface area contributed by atoms with Crippen molar-refractivity contribution in [1.29, 1.82) is 0 Å². The summed E-state index contributed by atoms with van der Waals surface area (Å²) in [5.41, 5.74) is 0.812. The molecule has 0 bridgehead atoms. The number of thioether (sulfide) groups is 1. The number of nitrogens with one attached hydrogen (secondary N) is 1. The molecule has 34 heavy (non-hydrogen) atoms. The van der Waals surface area contributed by atoms with Gasteiger partial charge in [-0.15, -0.1) is 0 Å². The third-order valence-electron chi connectivity index (χ3n) is 4.83. The van der Waals surface area contributed by atoms with Gasteiger partial charge in [0.15, 0.2) is 23.0 Å². The number of alkyl halides is 2. The van der Waals surface area contributed by atoms with Crippen LogP contribution in [0.2, 0.25) is 0 Å². The first-order valence-electron chi connectivity index (χ1n) is 9.92. The van der Waals surface area contributed by atoms with Crippen molar-refractivity contribution >= 4 is 34.9 Å². The zero-order chi connectivity index (χ0) is 24.2. The minimum Gasteiger partial charge on any atom is -0.493 e. The van der Waals surface area contributed by atoms with Gasteiger partial charge in [0, 0.05) is 18.7 Å². The lowest BCUT2D eigenvalue weighted by Gasteiger charge is -2.13. The molecule has 2 aliphatic rings. The molecule has 0 radical (unpaired) electrons. The Morgan fingerprint density at radius 3 is 2.74 bits per heavy atom. The fraction of sp³-hybridized carbons (Fsp3) is 0.227. The molecule has 1 N–H and O–H groups in total. The Labute approximate surface area is 196 Å². The third-order valence-corrected chi connectivity index (χ3v) is 5.74. The highest BCUT2D eigenvalue weighted by Crippen LogP contribution is 2.35. The first-order valence-corrected chi connectivity index (χ1v) is 10.7. The van der Waals surface area contributed by atoms with E-state index in [1.54, 1.807) is 18.2 Å². The number of amides is 3. The molecule has 1 saturated heterocycles. The van der Waals surface area contributed by atoms with Crippen molar-refractivity contribution < 1.29 is 42.1 Å². The average Bonchev–Trinajstić information content (AvgIpc) is 3.38. The molecule has 3 amide bonds. The van der Waals surface area contributed by atoms with E-state index in [0.717, 1.165) is 16.7 Å². The number of fused-ring (bicyclic) bond motifs is 1. The van der Waals surface area contributed by atoms with Crippen LogP contribution in [0.4, 0.5) is 13.6 Å². The number of carbonyl (C=O) groups is 3. The summed E-state index contributed by atoms with van der Waals surface area (Å²) in [5, 5.41) is 2.17. The number of methoxy groups -OCH3 is 1. The second-order valence-corrected chi connectivity index (χ2v) is 7.94. The van der Waals surface area contributed by atoms with Crippen LogP contribution in [0.5, 0.6) is 23.0 Å². The molecular weight excluding hydrogens is 474 g/mol. The molecule has 12 heteroatoms. The van der Waals surface area contributed by atoms with Gasteiger partial charge in [0.2, 0.25) is 6.79 Å². The molecule has 9 nitrogen and oxygen atoms in total. The molecule has 1 fully saturated rings. The summed E-state index contributed by atoms with van der Waals surface area (Å²) in [5.74, 6) is 0.00259. The molecule has 178 valence electrons. The molecule has 4 rings (SSSR count). The van der Waals surface area contributed by atoms with E-state index in [-0.39, 0.29) is 42.2 Å². The standard InChI is InChI=1S/C22H18F2N2O7S/c1-30-16-8-12(2-4-15(16)33-21(23)24)9-18-20(28)26(22(29)34-18)7-6-25-19(27)13-3-5-14-17(10-13)32-11-31-14/h2-5,8-10,21H,6-7,11H2,1H3,(H,25,27)/b18-9-. The highest BCUT2D eigenvalue weighted by molar-refractivity contribution is 8.18. The van der Waals surface area contributed by atoms with Crippen LogP contribution in [-0.4, -0.2) is 55.6 Å². The maximum atomic E-state index is 12.7. The number of halogens is 2. The second-order valence-electron chi connectivity index (χ2n) is 6.95. The lowest BCUT2D eigenvalue weighted by Crippen LogP contribution is -2.37. The molecule has 0 spiro atoms. The SMILES string of the molecule is COc1cc(/C=C2\SC(=O)N(CCNC(=O)c3ccc4c(c3)OCO4)C2=O)ccc1OC(F)F. The van der Waals surface area contributed by atoms with Crippen molar-refractivity contribution in [1.82, 2.24) is 10.2 Å². The fourth-order valence-electron chi connectivity index (χ4n) is 3.23. The Bertz CT molecular complexity index is 1170. The summed E-state index contributed by atoms with van der Waals surface area (Å²) in [4.78, 5) is 38.5. The van der Waals surface area contributed by atoms with E-state index in [1.165, 1.54) is 31.4 Å². The Hall–Kier alpha value is -3.80. The van der Waals surface area contributed by atoms with Gasteiger partial charge < -0.3 is 24.3 Å². The van der Waals surface area contributed by atoms with Crippen LogP contribution >= 0.6 is 11.8 Å². The number of rotatable bonds is 8. The quantitative estimate of drug-likeness (QED) is 0.559. The monoisotopic (exact) mass is 492 g/mol. The number of nitrogens with zero attached hydrogens (tertiary/aromatic N) is 1. The summed E-state index contributed by atoms with van der Waals surface area (Å²) >= 11 is 0.737. The van der Waals surface area contributed by atoms with Gasteiger partial charge in [-0.1, -0.05) is 6.07 Å². The molecule has 2 aromatic rings. The molecule has 2 aromatic carbocycles. The number of benzene rings is 2. The van der Waals surface area contributed by atoms with Crippen molar-refractivity contribution in [2.45, 2.75) is 6.61 Å². The van der Waals surface area contributed by atoms with Gasteiger partial charge in [-0.3, -0.25) is 19.3 Å². The van der Waals surface area contributed by atoms with Crippen LogP contribution in [0.25, 0.3) is 6.08 Å². The van der Waals surface area contributed by atoms with Gasteiger partial charge in [0.25, 0.3) is 17.1 Å². The maximum Gasteiger partial charge on any atom is 0.387 e. The van der Waals surface area contributed by atoms with Gasteiger partial charge in [0.1, 0.15) is 0 Å². The van der Waals surface area contributed by atoms with E-state index in [0.29, 0.717) is 22.6 Å². The van der Waals surface area contributed by atoms with Gasteiger partial charge in [0.05, 0.1) is 12.0 Å². The topological polar surface area (TPSA) is 103 Å². The lowest BCUT2D eigenvalue weighted by atomic mass is 10.2. The van der Waals surface area contributed by atoms with Crippen molar-refractivity contribution in [2.75, 3.05) is 27.0 Å².